The Kier molecular flexibility index (Phi) is 11.3. The van der Waals surface area contributed by atoms with E-state index in [4.69, 9.17) is 0 Å². The number of fused-ring (bicyclic) bond motifs is 18. The third-order valence-electron chi connectivity index (χ3n) is 19.9. The maximum absolute atomic E-state index is 16.7. The van der Waals surface area contributed by atoms with Crippen LogP contribution in [0.2, 0.25) is 0 Å². The molecule has 0 radical (unpaired) electrons. The van der Waals surface area contributed by atoms with Gasteiger partial charge in [0.2, 0.25) is 0 Å². The zero-order chi connectivity index (χ0) is 63.8. The SMILES string of the molecule is Fc1cc(F)cc(-c2cc(-n3c4ccc(-n5c6ccccc6c6ccccc65)cc4c4cc(-n5c6ccccc6c6ccccc65)ccc43)c(-n3c4ccc(-n5c6ccccc6c6ccccc65)cc4c4cc(-n5c6ccccc6c6ccccc65)ccc43)cc2C(F)(F)F)c1. The first-order valence-corrected chi connectivity index (χ1v) is 31.9. The molecule has 0 spiro atoms. The van der Waals surface area contributed by atoms with Gasteiger partial charge in [-0.2, -0.15) is 13.2 Å². The second kappa shape index (κ2) is 20.0. The molecule has 0 N–H and O–H groups in total. The van der Waals surface area contributed by atoms with Crippen LogP contribution in [0.5, 0.6) is 0 Å². The van der Waals surface area contributed by atoms with Crippen molar-refractivity contribution in [2.75, 3.05) is 0 Å². The minimum atomic E-state index is -5.02. The van der Waals surface area contributed by atoms with Gasteiger partial charge < -0.3 is 27.4 Å². The molecule has 0 fully saturated rings. The average Bonchev–Trinajstić information content (AvgIpc) is 1.53. The summed E-state index contributed by atoms with van der Waals surface area (Å²) in [5.41, 5.74) is 13.0. The molecule has 0 saturated heterocycles. The van der Waals surface area contributed by atoms with Gasteiger partial charge in [0.25, 0.3) is 0 Å². The van der Waals surface area contributed by atoms with E-state index in [-0.39, 0.29) is 16.8 Å². The topological polar surface area (TPSA) is 29.6 Å². The Hall–Kier alpha value is -12.5. The molecular formula is C85H49F5N6. The largest absolute Gasteiger partial charge is 0.417 e. The van der Waals surface area contributed by atoms with Crippen LogP contribution in [0.1, 0.15) is 5.56 Å². The summed E-state index contributed by atoms with van der Waals surface area (Å²) < 4.78 is 94.6. The molecule has 0 bridgehead atoms. The lowest BCUT2D eigenvalue weighted by Gasteiger charge is -2.22. The van der Waals surface area contributed by atoms with Crippen molar-refractivity contribution in [2.24, 2.45) is 0 Å². The molecule has 454 valence electrons. The lowest BCUT2D eigenvalue weighted by Crippen LogP contribution is -2.12. The highest BCUT2D eigenvalue weighted by Crippen LogP contribution is 2.48. The van der Waals surface area contributed by atoms with Crippen LogP contribution in [0.3, 0.4) is 0 Å². The van der Waals surface area contributed by atoms with Crippen molar-refractivity contribution in [3.63, 3.8) is 0 Å². The Labute approximate surface area is 543 Å². The molecule has 0 amide bonds. The van der Waals surface area contributed by atoms with E-state index in [0.29, 0.717) is 33.8 Å². The van der Waals surface area contributed by atoms with Crippen molar-refractivity contribution >= 4 is 131 Å². The number of aromatic nitrogens is 6. The summed E-state index contributed by atoms with van der Waals surface area (Å²) in [6, 6.07) is 97.0. The third-order valence-corrected chi connectivity index (χ3v) is 19.9. The molecule has 20 rings (SSSR count). The van der Waals surface area contributed by atoms with Gasteiger partial charge in [0.05, 0.1) is 83.1 Å². The standard InChI is InChI=1S/C85H49F5N6/c86-51-41-50(42-52(87)43-51)65-48-83(95-79-37-33-53(91-71-25-9-1-17-57(71)58-18-2-10-26-72(58)91)44-66(79)67-45-54(34-38-80(67)95)92-73-27-11-3-19-59(73)60-20-4-12-28-74(60)92)84(49-70(65)85(88,89)90)96-81-39-35-55(93-75-29-13-5-21-61(75)62-22-6-14-30-76(62)93)46-68(81)69-47-56(36-40-82(69)96)94-77-31-15-7-23-63(77)64-24-8-16-32-78(64)94/h1-49H. The molecule has 0 atom stereocenters. The molecule has 6 aromatic heterocycles. The van der Waals surface area contributed by atoms with Crippen LogP contribution in [-0.2, 0) is 6.18 Å². The minimum absolute atomic E-state index is 0.189. The molecule has 14 aromatic carbocycles. The number of benzene rings is 14. The van der Waals surface area contributed by atoms with Gasteiger partial charge >= 0.3 is 6.18 Å². The first-order valence-electron chi connectivity index (χ1n) is 31.9. The van der Waals surface area contributed by atoms with Crippen LogP contribution in [0.4, 0.5) is 22.0 Å². The lowest BCUT2D eigenvalue weighted by molar-refractivity contribution is -0.137. The van der Waals surface area contributed by atoms with E-state index in [2.05, 4.69) is 164 Å². The third kappa shape index (κ3) is 7.73. The summed E-state index contributed by atoms with van der Waals surface area (Å²) in [5.74, 6) is -2.01. The van der Waals surface area contributed by atoms with Crippen molar-refractivity contribution in [3.8, 4) is 45.3 Å². The summed E-state index contributed by atoms with van der Waals surface area (Å²) in [7, 11) is 0. The zero-order valence-corrected chi connectivity index (χ0v) is 50.9. The van der Waals surface area contributed by atoms with Crippen LogP contribution in [0.15, 0.2) is 297 Å². The first-order chi connectivity index (χ1) is 47.1. The first kappa shape index (κ1) is 54.1. The minimum Gasteiger partial charge on any atom is -0.309 e. The van der Waals surface area contributed by atoms with E-state index in [0.717, 1.165) is 144 Å². The van der Waals surface area contributed by atoms with Crippen LogP contribution >= 0.6 is 0 Å². The van der Waals surface area contributed by atoms with E-state index in [1.807, 2.05) is 130 Å². The Morgan fingerprint density at radius 3 is 0.688 bits per heavy atom. The molecule has 0 aliphatic rings. The Morgan fingerprint density at radius 2 is 0.438 bits per heavy atom. The summed E-state index contributed by atoms with van der Waals surface area (Å²) in [6.45, 7) is 0. The van der Waals surface area contributed by atoms with Gasteiger partial charge in [-0.1, -0.05) is 146 Å². The van der Waals surface area contributed by atoms with Crippen LogP contribution in [0.25, 0.3) is 176 Å². The van der Waals surface area contributed by atoms with Crippen molar-refractivity contribution in [1.82, 2.24) is 27.4 Å². The van der Waals surface area contributed by atoms with E-state index in [1.54, 1.807) is 0 Å². The number of hydrogen-bond donors (Lipinski definition) is 0. The van der Waals surface area contributed by atoms with Gasteiger partial charge in [-0.05, 0) is 157 Å². The molecule has 6 heterocycles. The monoisotopic (exact) mass is 1250 g/mol. The number of hydrogen-bond acceptors (Lipinski definition) is 0. The number of rotatable bonds is 7. The molecule has 6 nitrogen and oxygen atoms in total. The Morgan fingerprint density at radius 1 is 0.208 bits per heavy atom. The van der Waals surface area contributed by atoms with E-state index in [9.17, 15) is 0 Å². The van der Waals surface area contributed by atoms with Crippen LogP contribution in [0, 0.1) is 11.6 Å². The van der Waals surface area contributed by atoms with Crippen molar-refractivity contribution in [2.45, 2.75) is 6.18 Å². The van der Waals surface area contributed by atoms with Gasteiger partial charge in [-0.3, -0.25) is 0 Å². The van der Waals surface area contributed by atoms with Gasteiger partial charge in [0.15, 0.2) is 0 Å². The molecule has 11 heteroatoms. The van der Waals surface area contributed by atoms with Crippen molar-refractivity contribution in [1.29, 1.82) is 0 Å². The quantitative estimate of drug-likeness (QED) is 0.142. The van der Waals surface area contributed by atoms with Crippen LogP contribution < -0.4 is 0 Å². The second-order valence-corrected chi connectivity index (χ2v) is 25.0. The van der Waals surface area contributed by atoms with E-state index in [1.165, 1.54) is 12.1 Å². The van der Waals surface area contributed by atoms with Crippen molar-refractivity contribution < 1.29 is 22.0 Å². The zero-order valence-electron chi connectivity index (χ0n) is 50.9. The van der Waals surface area contributed by atoms with Gasteiger partial charge in [-0.15, -0.1) is 0 Å². The maximum atomic E-state index is 16.7. The van der Waals surface area contributed by atoms with Crippen molar-refractivity contribution in [3.05, 3.63) is 314 Å². The number of para-hydroxylation sites is 8. The molecule has 96 heavy (non-hydrogen) atoms. The second-order valence-electron chi connectivity index (χ2n) is 25.0. The van der Waals surface area contributed by atoms with Gasteiger partial charge in [0, 0.05) is 93.5 Å². The highest BCUT2D eigenvalue weighted by atomic mass is 19.4. The summed E-state index contributed by atoms with van der Waals surface area (Å²) in [4.78, 5) is 0. The number of nitrogens with zero attached hydrogens (tertiary/aromatic N) is 6. The molecule has 0 unspecified atom stereocenters. The summed E-state index contributed by atoms with van der Waals surface area (Å²) in [6.07, 6.45) is -5.02. The lowest BCUT2D eigenvalue weighted by atomic mass is 9.96. The van der Waals surface area contributed by atoms with E-state index < -0.39 is 23.4 Å². The Balaban J connectivity index is 0.929. The average molecular weight is 1250 g/mol. The predicted molar refractivity (Wildman–Crippen MR) is 383 cm³/mol. The number of halogens is 5. The summed E-state index contributed by atoms with van der Waals surface area (Å²) >= 11 is 0. The number of alkyl halides is 3. The highest BCUT2D eigenvalue weighted by molar-refractivity contribution is 6.17. The fraction of sp³-hybridized carbons (Fsp3) is 0.0118. The fourth-order valence-electron chi connectivity index (χ4n) is 16.0. The molecule has 20 aromatic rings. The van der Waals surface area contributed by atoms with Gasteiger partial charge in [-0.25, -0.2) is 8.78 Å². The maximum Gasteiger partial charge on any atom is 0.417 e. The normalized spacial score (nSPS) is 12.4. The van der Waals surface area contributed by atoms with Gasteiger partial charge in [0.1, 0.15) is 11.6 Å². The van der Waals surface area contributed by atoms with E-state index >= 15 is 22.0 Å². The molecule has 0 saturated carbocycles. The predicted octanol–water partition coefficient (Wildman–Crippen LogP) is 23.2. The molecule has 0 aliphatic carbocycles. The summed E-state index contributed by atoms with van der Waals surface area (Å²) in [5, 5.41) is 11.9. The molecule has 0 aliphatic heterocycles. The van der Waals surface area contributed by atoms with Crippen LogP contribution in [-0.4, -0.2) is 27.4 Å². The molecular weight excluding hydrogens is 1200 g/mol. The highest BCUT2D eigenvalue weighted by Gasteiger charge is 2.37. The Bertz CT molecular complexity index is 6170. The smallest absolute Gasteiger partial charge is 0.309 e. The fourth-order valence-corrected chi connectivity index (χ4v) is 16.0.